The highest BCUT2D eigenvalue weighted by atomic mass is 16.4. The first kappa shape index (κ1) is 11.8. The number of rotatable bonds is 4. The molecule has 15 heavy (non-hydrogen) atoms. The summed E-state index contributed by atoms with van der Waals surface area (Å²) < 4.78 is 0. The molecule has 0 aliphatic heterocycles. The molecule has 0 bridgehead atoms. The fraction of sp³-hybridized carbons (Fsp3) is 0.800. The Bertz CT molecular complexity index is 261. The molecular weight excluding hydrogens is 196 g/mol. The number of hydrogen-bond acceptors (Lipinski definition) is 2. The molecule has 0 spiro atoms. The Balaban J connectivity index is 2.26. The first-order chi connectivity index (χ1) is 6.91. The van der Waals surface area contributed by atoms with Crippen molar-refractivity contribution < 1.29 is 14.7 Å². The lowest BCUT2D eigenvalue weighted by Gasteiger charge is -2.39. The monoisotopic (exact) mass is 214 g/mol. The fourth-order valence-electron chi connectivity index (χ4n) is 1.68. The SMILES string of the molecule is CC(CC(=O)O)NC(=O)NC1(C)CCC1. The van der Waals surface area contributed by atoms with Crippen molar-refractivity contribution in [2.24, 2.45) is 0 Å². The summed E-state index contributed by atoms with van der Waals surface area (Å²) in [7, 11) is 0. The van der Waals surface area contributed by atoms with Crippen LogP contribution in [0.4, 0.5) is 4.79 Å². The van der Waals surface area contributed by atoms with Crippen molar-refractivity contribution in [3.63, 3.8) is 0 Å². The van der Waals surface area contributed by atoms with E-state index in [1.54, 1.807) is 6.92 Å². The van der Waals surface area contributed by atoms with Gasteiger partial charge in [0.25, 0.3) is 0 Å². The van der Waals surface area contributed by atoms with Gasteiger partial charge in [-0.1, -0.05) is 0 Å². The van der Waals surface area contributed by atoms with E-state index in [1.165, 1.54) is 0 Å². The van der Waals surface area contributed by atoms with Gasteiger partial charge in [0.2, 0.25) is 0 Å². The number of urea groups is 1. The van der Waals surface area contributed by atoms with Gasteiger partial charge in [0.1, 0.15) is 0 Å². The van der Waals surface area contributed by atoms with Gasteiger partial charge in [-0.2, -0.15) is 0 Å². The zero-order chi connectivity index (χ0) is 11.5. The summed E-state index contributed by atoms with van der Waals surface area (Å²) >= 11 is 0. The standard InChI is InChI=1S/C10H18N2O3/c1-7(6-8(13)14)11-9(15)12-10(2)4-3-5-10/h7H,3-6H2,1-2H3,(H,13,14)(H2,11,12,15). The summed E-state index contributed by atoms with van der Waals surface area (Å²) in [5.41, 5.74) is -0.0903. The van der Waals surface area contributed by atoms with Crippen LogP contribution in [0.15, 0.2) is 0 Å². The molecule has 0 saturated heterocycles. The molecule has 86 valence electrons. The molecule has 0 radical (unpaired) electrons. The number of hydrogen-bond donors (Lipinski definition) is 3. The fourth-order valence-corrected chi connectivity index (χ4v) is 1.68. The van der Waals surface area contributed by atoms with Crippen LogP contribution in [0.3, 0.4) is 0 Å². The van der Waals surface area contributed by atoms with E-state index in [0.29, 0.717) is 0 Å². The molecule has 5 heteroatoms. The van der Waals surface area contributed by atoms with Crippen molar-refractivity contribution >= 4 is 12.0 Å². The predicted octanol–water partition coefficient (Wildman–Crippen LogP) is 1.09. The van der Waals surface area contributed by atoms with Gasteiger partial charge in [-0.25, -0.2) is 4.79 Å². The molecule has 1 saturated carbocycles. The van der Waals surface area contributed by atoms with Gasteiger partial charge in [0, 0.05) is 11.6 Å². The van der Waals surface area contributed by atoms with Crippen LogP contribution < -0.4 is 10.6 Å². The number of nitrogens with one attached hydrogen (secondary N) is 2. The summed E-state index contributed by atoms with van der Waals surface area (Å²) in [5, 5.41) is 14.0. The molecular formula is C10H18N2O3. The minimum atomic E-state index is -0.905. The topological polar surface area (TPSA) is 78.4 Å². The van der Waals surface area contributed by atoms with E-state index >= 15 is 0 Å². The minimum Gasteiger partial charge on any atom is -0.481 e. The Morgan fingerprint density at radius 3 is 2.47 bits per heavy atom. The maximum atomic E-state index is 11.4. The first-order valence-corrected chi connectivity index (χ1v) is 5.22. The average molecular weight is 214 g/mol. The van der Waals surface area contributed by atoms with E-state index in [9.17, 15) is 9.59 Å². The van der Waals surface area contributed by atoms with Crippen LogP contribution in [0.5, 0.6) is 0 Å². The van der Waals surface area contributed by atoms with Crippen molar-refractivity contribution in [1.29, 1.82) is 0 Å². The molecule has 0 aromatic rings. The molecule has 3 N–H and O–H groups in total. The lowest BCUT2D eigenvalue weighted by Crippen LogP contribution is -2.55. The maximum Gasteiger partial charge on any atom is 0.315 e. The highest BCUT2D eigenvalue weighted by molar-refractivity contribution is 5.76. The highest BCUT2D eigenvalue weighted by Crippen LogP contribution is 2.30. The van der Waals surface area contributed by atoms with Gasteiger partial charge in [-0.3, -0.25) is 4.79 Å². The van der Waals surface area contributed by atoms with Crippen molar-refractivity contribution in [3.8, 4) is 0 Å². The van der Waals surface area contributed by atoms with Gasteiger partial charge >= 0.3 is 12.0 Å². The zero-order valence-electron chi connectivity index (χ0n) is 9.17. The average Bonchev–Trinajstić information content (AvgIpc) is 1.98. The zero-order valence-corrected chi connectivity index (χ0v) is 9.17. The molecule has 1 fully saturated rings. The highest BCUT2D eigenvalue weighted by Gasteiger charge is 2.33. The number of carbonyl (C=O) groups is 2. The molecule has 1 rings (SSSR count). The second-order valence-corrected chi connectivity index (χ2v) is 4.51. The quantitative estimate of drug-likeness (QED) is 0.655. The lowest BCUT2D eigenvalue weighted by molar-refractivity contribution is -0.137. The van der Waals surface area contributed by atoms with Crippen LogP contribution in [0, 0.1) is 0 Å². The third-order valence-electron chi connectivity index (χ3n) is 2.73. The Morgan fingerprint density at radius 2 is 2.07 bits per heavy atom. The Morgan fingerprint density at radius 1 is 1.47 bits per heavy atom. The van der Waals surface area contributed by atoms with E-state index in [0.717, 1.165) is 19.3 Å². The van der Waals surface area contributed by atoms with Crippen molar-refractivity contribution in [1.82, 2.24) is 10.6 Å². The lowest BCUT2D eigenvalue weighted by atomic mass is 9.79. The van der Waals surface area contributed by atoms with Crippen LogP contribution in [-0.2, 0) is 4.79 Å². The van der Waals surface area contributed by atoms with Crippen molar-refractivity contribution in [2.75, 3.05) is 0 Å². The van der Waals surface area contributed by atoms with E-state index in [-0.39, 0.29) is 24.0 Å². The van der Waals surface area contributed by atoms with Gasteiger partial charge in [0.15, 0.2) is 0 Å². The summed E-state index contributed by atoms with van der Waals surface area (Å²) in [6, 6.07) is -0.614. The van der Waals surface area contributed by atoms with Crippen LogP contribution in [0.25, 0.3) is 0 Å². The molecule has 1 unspecified atom stereocenters. The molecule has 0 heterocycles. The van der Waals surface area contributed by atoms with Gasteiger partial charge < -0.3 is 15.7 Å². The van der Waals surface area contributed by atoms with Crippen LogP contribution in [0.1, 0.15) is 39.5 Å². The largest absolute Gasteiger partial charge is 0.481 e. The first-order valence-electron chi connectivity index (χ1n) is 5.22. The summed E-state index contributed by atoms with van der Waals surface area (Å²) in [6.45, 7) is 3.68. The third-order valence-corrected chi connectivity index (χ3v) is 2.73. The summed E-state index contributed by atoms with van der Waals surface area (Å²) in [5.74, 6) is -0.905. The maximum absolute atomic E-state index is 11.4. The Hall–Kier alpha value is -1.26. The van der Waals surface area contributed by atoms with Crippen LogP contribution in [-0.4, -0.2) is 28.7 Å². The van der Waals surface area contributed by atoms with Gasteiger partial charge in [-0.05, 0) is 33.1 Å². The second kappa shape index (κ2) is 4.51. The van der Waals surface area contributed by atoms with Crippen LogP contribution in [0.2, 0.25) is 0 Å². The molecule has 5 nitrogen and oxygen atoms in total. The third kappa shape index (κ3) is 3.77. The van der Waals surface area contributed by atoms with Crippen LogP contribution >= 0.6 is 0 Å². The minimum absolute atomic E-state index is 0.0515. The number of amides is 2. The Kier molecular flexibility index (Phi) is 3.55. The molecule has 1 aliphatic rings. The van der Waals surface area contributed by atoms with E-state index < -0.39 is 5.97 Å². The molecule has 0 aromatic heterocycles. The van der Waals surface area contributed by atoms with E-state index in [2.05, 4.69) is 10.6 Å². The van der Waals surface area contributed by atoms with E-state index in [1.807, 2.05) is 6.92 Å². The molecule has 1 atom stereocenters. The van der Waals surface area contributed by atoms with Gasteiger partial charge in [0.05, 0.1) is 6.42 Å². The van der Waals surface area contributed by atoms with Gasteiger partial charge in [-0.15, -0.1) is 0 Å². The molecule has 0 aromatic carbocycles. The predicted molar refractivity (Wildman–Crippen MR) is 55.6 cm³/mol. The number of carboxylic acid groups (broad SMARTS) is 1. The number of carboxylic acids is 1. The molecule has 2 amide bonds. The van der Waals surface area contributed by atoms with E-state index in [4.69, 9.17) is 5.11 Å². The number of carbonyl (C=O) groups excluding carboxylic acids is 1. The van der Waals surface area contributed by atoms with Crippen molar-refractivity contribution in [3.05, 3.63) is 0 Å². The smallest absolute Gasteiger partial charge is 0.315 e. The Labute approximate surface area is 89.2 Å². The summed E-state index contributed by atoms with van der Waals surface area (Å²) in [6.07, 6.45) is 3.08. The molecule has 1 aliphatic carbocycles. The normalized spacial score (nSPS) is 19.9. The number of aliphatic carboxylic acids is 1. The van der Waals surface area contributed by atoms with Crippen molar-refractivity contribution in [2.45, 2.75) is 51.1 Å². The second-order valence-electron chi connectivity index (χ2n) is 4.51. The summed E-state index contributed by atoms with van der Waals surface area (Å²) in [4.78, 5) is 21.8.